The molecule has 0 aliphatic carbocycles. The number of nitrogens with two attached hydrogens (primary N) is 1. The summed E-state index contributed by atoms with van der Waals surface area (Å²) in [4.78, 5) is 14.4. The highest BCUT2D eigenvalue weighted by Crippen LogP contribution is 2.27. The van der Waals surface area contributed by atoms with E-state index in [1.54, 1.807) is 29.2 Å². The fourth-order valence-electron chi connectivity index (χ4n) is 2.52. The van der Waals surface area contributed by atoms with Gasteiger partial charge in [0.25, 0.3) is 5.91 Å². The number of nitrogen functional groups attached to an aromatic ring is 1. The highest BCUT2D eigenvalue weighted by Gasteiger charge is 2.14. The van der Waals surface area contributed by atoms with Gasteiger partial charge in [-0.15, -0.1) is 0 Å². The molecule has 1 amide bonds. The summed E-state index contributed by atoms with van der Waals surface area (Å²) in [5.41, 5.74) is 8.60. The number of carbonyl (C=O) groups is 1. The van der Waals surface area contributed by atoms with Gasteiger partial charge >= 0.3 is 0 Å². The lowest BCUT2D eigenvalue weighted by Gasteiger charge is -2.21. The van der Waals surface area contributed by atoms with Crippen molar-refractivity contribution in [2.75, 3.05) is 16.0 Å². The Kier molecular flexibility index (Phi) is 6.10. The van der Waals surface area contributed by atoms with E-state index in [0.29, 0.717) is 11.4 Å². The van der Waals surface area contributed by atoms with Gasteiger partial charge in [-0.25, -0.2) is 0 Å². The Morgan fingerprint density at radius 3 is 2.18 bits per heavy atom. The Labute approximate surface area is 171 Å². The maximum Gasteiger partial charge on any atom is 0.267 e. The Bertz CT molecular complexity index is 1020. The molecule has 0 fully saturated rings. The molecular formula is C22H17BrN4O. The minimum Gasteiger partial charge on any atom is -0.399 e. The summed E-state index contributed by atoms with van der Waals surface area (Å²) in [6, 6.07) is 25.8. The van der Waals surface area contributed by atoms with Gasteiger partial charge in [0.05, 0.1) is 0 Å². The van der Waals surface area contributed by atoms with Gasteiger partial charge < -0.3 is 16.0 Å². The van der Waals surface area contributed by atoms with Crippen molar-refractivity contribution in [1.29, 1.82) is 5.26 Å². The average molecular weight is 433 g/mol. The quantitative estimate of drug-likeness (QED) is 0.329. The van der Waals surface area contributed by atoms with Crippen LogP contribution in [0.15, 0.2) is 95.1 Å². The number of nitrogens with one attached hydrogen (secondary N) is 1. The average Bonchev–Trinajstić information content (AvgIpc) is 2.72. The van der Waals surface area contributed by atoms with Crippen LogP contribution in [0.5, 0.6) is 0 Å². The minimum absolute atomic E-state index is 0.0244. The second kappa shape index (κ2) is 8.89. The van der Waals surface area contributed by atoms with Gasteiger partial charge in [0, 0.05) is 33.4 Å². The Hall–Kier alpha value is -3.56. The lowest BCUT2D eigenvalue weighted by Crippen LogP contribution is -2.17. The lowest BCUT2D eigenvalue weighted by atomic mass is 10.2. The Morgan fingerprint density at radius 2 is 1.57 bits per heavy atom. The number of para-hydroxylation sites is 1. The van der Waals surface area contributed by atoms with E-state index in [2.05, 4.69) is 21.2 Å². The van der Waals surface area contributed by atoms with Crippen LogP contribution in [-0.4, -0.2) is 5.91 Å². The molecule has 0 spiro atoms. The number of anilines is 4. The first-order valence-corrected chi connectivity index (χ1v) is 9.25. The summed E-state index contributed by atoms with van der Waals surface area (Å²) in [5, 5.41) is 12.3. The van der Waals surface area contributed by atoms with Crippen LogP contribution in [0.25, 0.3) is 0 Å². The van der Waals surface area contributed by atoms with E-state index < -0.39 is 5.91 Å². The monoisotopic (exact) mass is 432 g/mol. The number of nitriles is 1. The molecular weight excluding hydrogens is 416 g/mol. The van der Waals surface area contributed by atoms with Crippen LogP contribution >= 0.6 is 15.9 Å². The molecule has 6 heteroatoms. The topological polar surface area (TPSA) is 82.2 Å². The third-order valence-electron chi connectivity index (χ3n) is 3.93. The second-order valence-corrected chi connectivity index (χ2v) is 6.83. The smallest absolute Gasteiger partial charge is 0.267 e. The Balaban J connectivity index is 1.94. The van der Waals surface area contributed by atoms with Crippen LogP contribution in [0.1, 0.15) is 0 Å². The van der Waals surface area contributed by atoms with Gasteiger partial charge in [0.2, 0.25) is 0 Å². The molecule has 138 valence electrons. The van der Waals surface area contributed by atoms with Crippen molar-refractivity contribution in [3.05, 3.63) is 95.1 Å². The molecule has 0 bridgehead atoms. The number of hydrogen-bond donors (Lipinski definition) is 2. The third kappa shape index (κ3) is 4.78. The normalized spacial score (nSPS) is 10.8. The van der Waals surface area contributed by atoms with Gasteiger partial charge in [-0.3, -0.25) is 4.79 Å². The number of benzene rings is 3. The highest BCUT2D eigenvalue weighted by atomic mass is 79.9. The van der Waals surface area contributed by atoms with Crippen molar-refractivity contribution >= 4 is 44.6 Å². The molecule has 0 saturated heterocycles. The second-order valence-electron chi connectivity index (χ2n) is 5.91. The van der Waals surface area contributed by atoms with Crippen LogP contribution in [0.4, 0.5) is 22.7 Å². The first kappa shape index (κ1) is 19.2. The first-order valence-electron chi connectivity index (χ1n) is 8.45. The largest absolute Gasteiger partial charge is 0.399 e. The molecule has 3 rings (SSSR count). The predicted molar refractivity (Wildman–Crippen MR) is 116 cm³/mol. The number of carbonyl (C=O) groups excluding carboxylic acids is 1. The summed E-state index contributed by atoms with van der Waals surface area (Å²) >= 11 is 3.35. The summed E-state index contributed by atoms with van der Waals surface area (Å²) in [7, 11) is 0. The number of amides is 1. The SMILES string of the molecule is N#C/C(=C/N(c1ccccc1)c1ccc(N)cc1)C(=O)Nc1ccc(Br)cc1. The molecule has 0 aliphatic heterocycles. The van der Waals surface area contributed by atoms with E-state index in [1.807, 2.05) is 60.7 Å². The van der Waals surface area contributed by atoms with E-state index >= 15 is 0 Å². The van der Waals surface area contributed by atoms with Gasteiger partial charge in [-0.05, 0) is 60.7 Å². The Morgan fingerprint density at radius 1 is 0.964 bits per heavy atom. The van der Waals surface area contributed by atoms with E-state index in [4.69, 9.17) is 5.73 Å². The zero-order valence-corrected chi connectivity index (χ0v) is 16.4. The van der Waals surface area contributed by atoms with Gasteiger partial charge in [0.1, 0.15) is 11.6 Å². The van der Waals surface area contributed by atoms with Crippen LogP contribution in [0.3, 0.4) is 0 Å². The summed E-state index contributed by atoms with van der Waals surface area (Å²) in [6.45, 7) is 0. The van der Waals surface area contributed by atoms with Gasteiger partial charge in [-0.1, -0.05) is 34.1 Å². The van der Waals surface area contributed by atoms with Gasteiger partial charge in [0.15, 0.2) is 0 Å². The molecule has 3 N–H and O–H groups in total. The zero-order chi connectivity index (χ0) is 19.9. The molecule has 0 atom stereocenters. The summed E-state index contributed by atoms with van der Waals surface area (Å²) < 4.78 is 0.903. The van der Waals surface area contributed by atoms with Crippen LogP contribution in [-0.2, 0) is 4.79 Å². The number of nitrogens with zero attached hydrogens (tertiary/aromatic N) is 2. The maximum absolute atomic E-state index is 12.6. The van der Waals surface area contributed by atoms with Crippen molar-refractivity contribution in [3.63, 3.8) is 0 Å². The van der Waals surface area contributed by atoms with Crippen LogP contribution < -0.4 is 16.0 Å². The fraction of sp³-hybridized carbons (Fsp3) is 0. The van der Waals surface area contributed by atoms with E-state index in [0.717, 1.165) is 15.8 Å². The molecule has 0 aromatic heterocycles. The number of hydrogen-bond acceptors (Lipinski definition) is 4. The van der Waals surface area contributed by atoms with Crippen molar-refractivity contribution in [1.82, 2.24) is 0 Å². The third-order valence-corrected chi connectivity index (χ3v) is 4.46. The van der Waals surface area contributed by atoms with Gasteiger partial charge in [-0.2, -0.15) is 5.26 Å². The van der Waals surface area contributed by atoms with Crippen LogP contribution in [0, 0.1) is 11.3 Å². The number of rotatable bonds is 5. The fourth-order valence-corrected chi connectivity index (χ4v) is 2.79. The van der Waals surface area contributed by atoms with Crippen molar-refractivity contribution in [3.8, 4) is 6.07 Å². The van der Waals surface area contributed by atoms with Crippen molar-refractivity contribution in [2.45, 2.75) is 0 Å². The maximum atomic E-state index is 12.6. The molecule has 28 heavy (non-hydrogen) atoms. The molecule has 0 unspecified atom stereocenters. The summed E-state index contributed by atoms with van der Waals surface area (Å²) in [6.07, 6.45) is 1.52. The molecule has 0 radical (unpaired) electrons. The molecule has 0 heterocycles. The lowest BCUT2D eigenvalue weighted by molar-refractivity contribution is -0.112. The molecule has 0 aliphatic rings. The van der Waals surface area contributed by atoms with Crippen molar-refractivity contribution < 1.29 is 4.79 Å². The van der Waals surface area contributed by atoms with Crippen LogP contribution in [0.2, 0.25) is 0 Å². The van der Waals surface area contributed by atoms with E-state index in [-0.39, 0.29) is 5.57 Å². The molecule has 3 aromatic carbocycles. The minimum atomic E-state index is -0.485. The predicted octanol–water partition coefficient (Wildman–Crippen LogP) is 5.22. The standard InChI is InChI=1S/C22H17BrN4O/c23-17-6-10-19(11-7-17)26-22(28)16(14-24)15-27(20-4-2-1-3-5-20)21-12-8-18(25)9-13-21/h1-13,15H,25H2,(H,26,28)/b16-15-. The zero-order valence-electron chi connectivity index (χ0n) is 14.8. The summed E-state index contributed by atoms with van der Waals surface area (Å²) in [5.74, 6) is -0.485. The molecule has 3 aromatic rings. The first-order chi connectivity index (χ1) is 13.6. The number of halogens is 1. The molecule has 5 nitrogen and oxygen atoms in total. The molecule has 0 saturated carbocycles. The van der Waals surface area contributed by atoms with E-state index in [9.17, 15) is 10.1 Å². The highest BCUT2D eigenvalue weighted by molar-refractivity contribution is 9.10. The van der Waals surface area contributed by atoms with E-state index in [1.165, 1.54) is 6.20 Å². The van der Waals surface area contributed by atoms with Crippen molar-refractivity contribution in [2.24, 2.45) is 0 Å².